The number of rotatable bonds is 4. The van der Waals surface area contributed by atoms with Crippen LogP contribution in [0, 0.1) is 6.92 Å². The highest BCUT2D eigenvalue weighted by molar-refractivity contribution is 7.17. The van der Waals surface area contributed by atoms with Crippen LogP contribution < -0.4 is 5.32 Å². The molecule has 0 aliphatic rings. The molecule has 0 saturated carbocycles. The summed E-state index contributed by atoms with van der Waals surface area (Å²) in [5.74, 6) is 1.98. The summed E-state index contributed by atoms with van der Waals surface area (Å²) in [6.07, 6.45) is 0.634. The Labute approximate surface area is 117 Å². The molecule has 0 spiro atoms. The molecule has 3 aromatic rings. The molecule has 8 heteroatoms. The van der Waals surface area contributed by atoms with Gasteiger partial charge in [0.05, 0.1) is 10.2 Å². The van der Waals surface area contributed by atoms with Crippen LogP contribution >= 0.6 is 22.9 Å². The number of aryl methyl sites for hydroxylation is 1. The van der Waals surface area contributed by atoms with Crippen LogP contribution in [0.4, 0.5) is 5.82 Å². The van der Waals surface area contributed by atoms with Gasteiger partial charge in [0.25, 0.3) is 0 Å². The lowest BCUT2D eigenvalue weighted by Crippen LogP contribution is -2.07. The van der Waals surface area contributed by atoms with Crippen molar-refractivity contribution in [3.63, 3.8) is 0 Å². The van der Waals surface area contributed by atoms with Crippen molar-refractivity contribution in [2.24, 2.45) is 0 Å². The maximum atomic E-state index is 5.88. The Hall–Kier alpha value is -1.73. The Morgan fingerprint density at radius 1 is 1.37 bits per heavy atom. The highest BCUT2D eigenvalue weighted by atomic mass is 35.5. The van der Waals surface area contributed by atoms with E-state index in [0.717, 1.165) is 16.0 Å². The lowest BCUT2D eigenvalue weighted by Gasteiger charge is -2.04. The molecular formula is C11H10ClN5OS. The zero-order chi connectivity index (χ0) is 13.2. The minimum atomic E-state index is 0.238. The third-order valence-electron chi connectivity index (χ3n) is 2.48. The van der Waals surface area contributed by atoms with E-state index in [1.54, 1.807) is 18.3 Å². The number of halogens is 1. The quantitative estimate of drug-likeness (QED) is 0.746. The highest BCUT2D eigenvalue weighted by Crippen LogP contribution is 2.27. The van der Waals surface area contributed by atoms with Gasteiger partial charge in [0, 0.05) is 13.0 Å². The van der Waals surface area contributed by atoms with Gasteiger partial charge in [0.15, 0.2) is 5.82 Å². The third kappa shape index (κ3) is 2.66. The van der Waals surface area contributed by atoms with Gasteiger partial charge in [0.1, 0.15) is 5.82 Å². The average molecular weight is 296 g/mol. The molecule has 0 aliphatic heterocycles. The van der Waals surface area contributed by atoms with E-state index < -0.39 is 0 Å². The van der Waals surface area contributed by atoms with Crippen LogP contribution in [0.25, 0.3) is 10.2 Å². The van der Waals surface area contributed by atoms with E-state index in [2.05, 4.69) is 25.4 Å². The number of aromatic nitrogens is 4. The smallest absolute Gasteiger partial charge is 0.228 e. The van der Waals surface area contributed by atoms with Crippen molar-refractivity contribution < 1.29 is 4.52 Å². The Balaban J connectivity index is 1.73. The molecule has 3 aromatic heterocycles. The van der Waals surface area contributed by atoms with Crippen molar-refractivity contribution in [2.45, 2.75) is 13.3 Å². The number of nitrogens with one attached hydrogen (secondary N) is 1. The summed E-state index contributed by atoms with van der Waals surface area (Å²) in [6, 6.07) is 1.92. The Morgan fingerprint density at radius 2 is 2.26 bits per heavy atom. The molecule has 98 valence electrons. The fourth-order valence-corrected chi connectivity index (χ4v) is 2.66. The minimum absolute atomic E-state index is 0.238. The summed E-state index contributed by atoms with van der Waals surface area (Å²) in [7, 11) is 0. The maximum absolute atomic E-state index is 5.88. The largest absolute Gasteiger partial charge is 0.368 e. The van der Waals surface area contributed by atoms with Gasteiger partial charge in [-0.2, -0.15) is 9.97 Å². The molecule has 3 rings (SSSR count). The topological polar surface area (TPSA) is 76.7 Å². The normalized spacial score (nSPS) is 11.1. The van der Waals surface area contributed by atoms with Gasteiger partial charge >= 0.3 is 0 Å². The van der Waals surface area contributed by atoms with Gasteiger partial charge in [-0.15, -0.1) is 11.3 Å². The first kappa shape index (κ1) is 12.3. The molecule has 0 amide bonds. The first-order valence-corrected chi connectivity index (χ1v) is 6.92. The van der Waals surface area contributed by atoms with Crippen LogP contribution in [-0.4, -0.2) is 26.7 Å². The molecule has 19 heavy (non-hydrogen) atoms. The molecule has 0 fully saturated rings. The molecule has 6 nitrogen and oxygen atoms in total. The van der Waals surface area contributed by atoms with Crippen LogP contribution in [0.5, 0.6) is 0 Å². The van der Waals surface area contributed by atoms with E-state index in [0.29, 0.717) is 24.7 Å². The van der Waals surface area contributed by atoms with E-state index in [1.165, 1.54) is 0 Å². The van der Waals surface area contributed by atoms with Crippen molar-refractivity contribution in [1.29, 1.82) is 0 Å². The molecule has 0 aliphatic carbocycles. The van der Waals surface area contributed by atoms with Gasteiger partial charge in [-0.05, 0) is 30.0 Å². The summed E-state index contributed by atoms with van der Waals surface area (Å²) in [6.45, 7) is 2.43. The van der Waals surface area contributed by atoms with E-state index in [-0.39, 0.29) is 5.28 Å². The van der Waals surface area contributed by atoms with E-state index in [4.69, 9.17) is 16.1 Å². The molecule has 0 saturated heterocycles. The summed E-state index contributed by atoms with van der Waals surface area (Å²) in [4.78, 5) is 12.5. The monoisotopic (exact) mass is 295 g/mol. The summed E-state index contributed by atoms with van der Waals surface area (Å²) < 4.78 is 6.03. The molecule has 0 unspecified atom stereocenters. The average Bonchev–Trinajstić information content (AvgIpc) is 2.98. The predicted octanol–water partition coefficient (Wildman–Crippen LogP) is 2.69. The van der Waals surface area contributed by atoms with Crippen molar-refractivity contribution >= 4 is 39.0 Å². The molecule has 3 heterocycles. The molecule has 0 atom stereocenters. The van der Waals surface area contributed by atoms with Gasteiger partial charge in [-0.3, -0.25) is 0 Å². The van der Waals surface area contributed by atoms with E-state index in [9.17, 15) is 0 Å². The SMILES string of the molecule is Cc1noc(CCNc2nc(Cl)nc3ccsc23)n1. The first-order valence-electron chi connectivity index (χ1n) is 5.66. The van der Waals surface area contributed by atoms with Gasteiger partial charge in [0.2, 0.25) is 11.2 Å². The Bertz CT molecular complexity index is 710. The summed E-state index contributed by atoms with van der Waals surface area (Å²) in [5.41, 5.74) is 0.848. The number of anilines is 1. The van der Waals surface area contributed by atoms with Gasteiger partial charge in [-0.25, -0.2) is 4.98 Å². The first-order chi connectivity index (χ1) is 9.22. The second kappa shape index (κ2) is 5.10. The molecule has 1 N–H and O–H groups in total. The predicted molar refractivity (Wildman–Crippen MR) is 73.7 cm³/mol. The summed E-state index contributed by atoms with van der Waals surface area (Å²) in [5, 5.41) is 9.16. The number of hydrogen-bond acceptors (Lipinski definition) is 7. The van der Waals surface area contributed by atoms with Crippen LogP contribution in [0.3, 0.4) is 0 Å². The van der Waals surface area contributed by atoms with E-state index >= 15 is 0 Å². The third-order valence-corrected chi connectivity index (χ3v) is 3.56. The summed E-state index contributed by atoms with van der Waals surface area (Å²) >= 11 is 7.46. The van der Waals surface area contributed by atoms with Crippen LogP contribution in [0.15, 0.2) is 16.0 Å². The number of hydrogen-bond donors (Lipinski definition) is 1. The molecule has 0 radical (unpaired) electrons. The standard InChI is InChI=1S/C11H10ClN5OS/c1-6-14-8(18-17-6)2-4-13-10-9-7(3-5-19-9)15-11(12)16-10/h3,5H,2,4H2,1H3,(H,13,15,16). The second-order valence-electron chi connectivity index (χ2n) is 3.89. The van der Waals surface area contributed by atoms with E-state index in [1.807, 2.05) is 11.4 Å². The Kier molecular flexibility index (Phi) is 3.31. The highest BCUT2D eigenvalue weighted by Gasteiger charge is 2.08. The van der Waals surface area contributed by atoms with Crippen molar-refractivity contribution in [3.05, 3.63) is 28.4 Å². The van der Waals surface area contributed by atoms with Crippen LogP contribution in [-0.2, 0) is 6.42 Å². The van der Waals surface area contributed by atoms with Crippen molar-refractivity contribution in [1.82, 2.24) is 20.1 Å². The molecular weight excluding hydrogens is 286 g/mol. The fraction of sp³-hybridized carbons (Fsp3) is 0.273. The zero-order valence-electron chi connectivity index (χ0n) is 10.1. The second-order valence-corrected chi connectivity index (χ2v) is 5.14. The number of thiophene rings is 1. The minimum Gasteiger partial charge on any atom is -0.368 e. The fourth-order valence-electron chi connectivity index (χ4n) is 1.68. The molecule has 0 aromatic carbocycles. The van der Waals surface area contributed by atoms with Crippen molar-refractivity contribution in [2.75, 3.05) is 11.9 Å². The number of fused-ring (bicyclic) bond motifs is 1. The molecule has 0 bridgehead atoms. The van der Waals surface area contributed by atoms with Gasteiger partial charge in [-0.1, -0.05) is 5.16 Å². The van der Waals surface area contributed by atoms with Gasteiger partial charge < -0.3 is 9.84 Å². The maximum Gasteiger partial charge on any atom is 0.228 e. The number of nitrogens with zero attached hydrogens (tertiary/aromatic N) is 4. The van der Waals surface area contributed by atoms with Crippen molar-refractivity contribution in [3.8, 4) is 0 Å². The lowest BCUT2D eigenvalue weighted by atomic mass is 10.4. The van der Waals surface area contributed by atoms with Crippen LogP contribution in [0.1, 0.15) is 11.7 Å². The zero-order valence-corrected chi connectivity index (χ0v) is 11.6. The Morgan fingerprint density at radius 3 is 3.05 bits per heavy atom. The lowest BCUT2D eigenvalue weighted by molar-refractivity contribution is 0.377. The van der Waals surface area contributed by atoms with Crippen LogP contribution in [0.2, 0.25) is 5.28 Å².